The first-order valence-electron chi connectivity index (χ1n) is 13.1. The molecule has 0 bridgehead atoms. The standard InChI is InChI=1S/C28H30N4O9S2.Na/c29-20(28(35)36)10-3-4-11-31-12-13-42(37,38)17-7-5-6-16(14-17)32-21-15-22(43(39,40)41)25(30)24-23(21)26(33)18-8-1-2-9-19(18)27(24)34;/h1-2,5-9,14-15,20,31-32H,3-4,10-13,29-30H2,(H,35,36)(H,39,40,41);/t20-;/m0./s1. The van der Waals surface area contributed by atoms with E-state index in [1.807, 2.05) is 0 Å². The van der Waals surface area contributed by atoms with Crippen LogP contribution in [-0.2, 0) is 24.7 Å². The molecule has 4 rings (SSSR count). The minimum Gasteiger partial charge on any atom is -0.480 e. The number of unbranched alkanes of at least 4 members (excludes halogenated alkanes) is 1. The molecule has 0 saturated heterocycles. The summed E-state index contributed by atoms with van der Waals surface area (Å²) in [5.74, 6) is -2.64. The van der Waals surface area contributed by atoms with Gasteiger partial charge >= 0.3 is 5.97 Å². The van der Waals surface area contributed by atoms with E-state index in [1.165, 1.54) is 42.5 Å². The van der Waals surface area contributed by atoms with Gasteiger partial charge in [0.25, 0.3) is 10.1 Å². The van der Waals surface area contributed by atoms with Crippen molar-refractivity contribution >= 4 is 84.1 Å². The molecule has 1 aliphatic carbocycles. The summed E-state index contributed by atoms with van der Waals surface area (Å²) < 4.78 is 60.1. The molecule has 3 aromatic carbocycles. The van der Waals surface area contributed by atoms with Gasteiger partial charge in [0.2, 0.25) is 0 Å². The van der Waals surface area contributed by atoms with Gasteiger partial charge in [0.15, 0.2) is 21.4 Å². The number of sulfone groups is 1. The third kappa shape index (κ3) is 7.73. The molecule has 0 saturated carbocycles. The molecule has 0 unspecified atom stereocenters. The quantitative estimate of drug-likeness (QED) is 0.0521. The van der Waals surface area contributed by atoms with E-state index < -0.39 is 54.1 Å². The van der Waals surface area contributed by atoms with Crippen LogP contribution in [0.3, 0.4) is 0 Å². The Hall–Kier alpha value is -3.15. The van der Waals surface area contributed by atoms with Crippen LogP contribution in [-0.4, -0.2) is 98.5 Å². The third-order valence-corrected chi connectivity index (χ3v) is 9.54. The van der Waals surface area contributed by atoms with Gasteiger partial charge < -0.3 is 27.2 Å². The number of carbonyl (C=O) groups excluding carboxylic acids is 2. The molecule has 1 atom stereocenters. The van der Waals surface area contributed by atoms with E-state index in [0.29, 0.717) is 25.8 Å². The summed E-state index contributed by atoms with van der Waals surface area (Å²) in [5.41, 5.74) is 10.4. The SMILES string of the molecule is Nc1c(S(=O)(=O)O)cc(Nc2cccc(S(=O)(=O)CCNCCCC[C@H](N)C(=O)O)c2)c2c1C(=O)c1ccccc1C2=O.[Na]. The van der Waals surface area contributed by atoms with Gasteiger partial charge in [0, 0.05) is 52.9 Å². The Morgan fingerprint density at radius 1 is 0.886 bits per heavy atom. The van der Waals surface area contributed by atoms with Crippen LogP contribution in [0.15, 0.2) is 64.4 Å². The number of carboxylic acids is 1. The third-order valence-electron chi connectivity index (χ3n) is 6.93. The van der Waals surface area contributed by atoms with Crippen LogP contribution in [0.25, 0.3) is 0 Å². The van der Waals surface area contributed by atoms with Gasteiger partial charge in [0.05, 0.1) is 33.2 Å². The second kappa shape index (κ2) is 14.3. The fraction of sp³-hybridized carbons (Fsp3) is 0.250. The van der Waals surface area contributed by atoms with Crippen LogP contribution in [0.4, 0.5) is 17.1 Å². The van der Waals surface area contributed by atoms with Crippen molar-refractivity contribution in [2.24, 2.45) is 5.73 Å². The summed E-state index contributed by atoms with van der Waals surface area (Å²) in [6.45, 7) is 0.599. The van der Waals surface area contributed by atoms with Gasteiger partial charge in [0.1, 0.15) is 10.9 Å². The van der Waals surface area contributed by atoms with Crippen molar-refractivity contribution in [1.82, 2.24) is 5.32 Å². The first-order valence-corrected chi connectivity index (χ1v) is 16.2. The molecule has 0 aliphatic heterocycles. The summed E-state index contributed by atoms with van der Waals surface area (Å²) in [5, 5.41) is 14.6. The second-order valence-electron chi connectivity index (χ2n) is 9.93. The number of fused-ring (bicyclic) bond motifs is 2. The molecule has 16 heteroatoms. The smallest absolute Gasteiger partial charge is 0.320 e. The zero-order valence-electron chi connectivity index (χ0n) is 23.7. The van der Waals surface area contributed by atoms with E-state index in [9.17, 15) is 35.8 Å². The minimum atomic E-state index is -4.92. The number of hydrogen-bond donors (Lipinski definition) is 6. The van der Waals surface area contributed by atoms with Crippen LogP contribution in [0, 0.1) is 0 Å². The van der Waals surface area contributed by atoms with Gasteiger partial charge in [-0.1, -0.05) is 36.8 Å². The molecule has 0 fully saturated rings. The molecule has 0 heterocycles. The fourth-order valence-electron chi connectivity index (χ4n) is 4.72. The molecule has 1 radical (unpaired) electrons. The summed E-state index contributed by atoms with van der Waals surface area (Å²) in [4.78, 5) is 36.7. The molecule has 3 aromatic rings. The number of nitrogens with two attached hydrogens (primary N) is 2. The number of ketones is 2. The number of carbonyl (C=O) groups is 3. The number of anilines is 3. The Morgan fingerprint density at radius 3 is 2.14 bits per heavy atom. The van der Waals surface area contributed by atoms with E-state index in [2.05, 4.69) is 10.6 Å². The summed E-state index contributed by atoms with van der Waals surface area (Å²) in [7, 11) is -8.71. The van der Waals surface area contributed by atoms with Gasteiger partial charge in [-0.2, -0.15) is 8.42 Å². The number of rotatable bonds is 13. The summed E-state index contributed by atoms with van der Waals surface area (Å²) in [6, 6.07) is 11.5. The Balaban J connectivity index is 0.00000529. The number of hydrogen-bond acceptors (Lipinski definition) is 11. The maximum absolute atomic E-state index is 13.5. The predicted molar refractivity (Wildman–Crippen MR) is 164 cm³/mol. The summed E-state index contributed by atoms with van der Waals surface area (Å²) in [6.07, 6.45) is 1.49. The van der Waals surface area contributed by atoms with E-state index in [4.69, 9.17) is 16.6 Å². The number of nitrogen functional groups attached to an aromatic ring is 1. The molecule has 0 amide bonds. The van der Waals surface area contributed by atoms with Crippen molar-refractivity contribution in [3.8, 4) is 0 Å². The molecular formula is C28H30N4NaO9S2. The van der Waals surface area contributed by atoms with Crippen LogP contribution in [0.1, 0.15) is 51.1 Å². The minimum absolute atomic E-state index is 0. The average molecular weight is 654 g/mol. The van der Waals surface area contributed by atoms with Gasteiger partial charge in [-0.05, 0) is 43.7 Å². The monoisotopic (exact) mass is 653 g/mol. The Morgan fingerprint density at radius 2 is 1.52 bits per heavy atom. The van der Waals surface area contributed by atoms with Crippen LogP contribution >= 0.6 is 0 Å². The molecule has 229 valence electrons. The summed E-state index contributed by atoms with van der Waals surface area (Å²) >= 11 is 0. The second-order valence-corrected chi connectivity index (χ2v) is 13.4. The van der Waals surface area contributed by atoms with Gasteiger partial charge in [-0.25, -0.2) is 8.42 Å². The maximum Gasteiger partial charge on any atom is 0.320 e. The Kier molecular flexibility index (Phi) is 11.5. The number of nitrogens with one attached hydrogen (secondary N) is 2. The number of carboxylic acid groups (broad SMARTS) is 1. The number of benzene rings is 3. The zero-order chi connectivity index (χ0) is 31.5. The maximum atomic E-state index is 13.5. The van der Waals surface area contributed by atoms with E-state index >= 15 is 0 Å². The van der Waals surface area contributed by atoms with Crippen molar-refractivity contribution in [3.05, 3.63) is 76.9 Å². The predicted octanol–water partition coefficient (Wildman–Crippen LogP) is 1.60. The molecule has 44 heavy (non-hydrogen) atoms. The van der Waals surface area contributed by atoms with E-state index in [1.54, 1.807) is 6.07 Å². The van der Waals surface area contributed by atoms with Crippen LogP contribution < -0.4 is 22.1 Å². The Labute approximate surface area is 276 Å². The first-order chi connectivity index (χ1) is 20.2. The first kappa shape index (κ1) is 35.3. The van der Waals surface area contributed by atoms with Crippen LogP contribution in [0.2, 0.25) is 0 Å². The molecular weight excluding hydrogens is 623 g/mol. The Bertz CT molecular complexity index is 1830. The van der Waals surface area contributed by atoms with Crippen LogP contribution in [0.5, 0.6) is 0 Å². The number of aliphatic carboxylic acids is 1. The topological polar surface area (TPSA) is 236 Å². The van der Waals surface area contributed by atoms with Gasteiger partial charge in [-0.3, -0.25) is 18.9 Å². The van der Waals surface area contributed by atoms with E-state index in [-0.39, 0.29) is 80.4 Å². The molecule has 0 aromatic heterocycles. The van der Waals surface area contributed by atoms with Crippen molar-refractivity contribution in [2.45, 2.75) is 35.1 Å². The van der Waals surface area contributed by atoms with Crippen molar-refractivity contribution in [2.75, 3.05) is 29.9 Å². The van der Waals surface area contributed by atoms with Gasteiger partial charge in [-0.15, -0.1) is 0 Å². The molecule has 1 aliphatic rings. The van der Waals surface area contributed by atoms with Crippen molar-refractivity contribution in [1.29, 1.82) is 0 Å². The molecule has 8 N–H and O–H groups in total. The normalized spacial score (nSPS) is 13.4. The average Bonchev–Trinajstić information content (AvgIpc) is 2.95. The van der Waals surface area contributed by atoms with Crippen molar-refractivity contribution < 1.29 is 40.9 Å². The fourth-order valence-corrected chi connectivity index (χ4v) is 6.60. The van der Waals surface area contributed by atoms with E-state index in [0.717, 1.165) is 6.07 Å². The molecule has 13 nitrogen and oxygen atoms in total. The van der Waals surface area contributed by atoms with Crippen molar-refractivity contribution in [3.63, 3.8) is 0 Å². The largest absolute Gasteiger partial charge is 0.480 e. The zero-order valence-corrected chi connectivity index (χ0v) is 27.4. The molecule has 0 spiro atoms.